The summed E-state index contributed by atoms with van der Waals surface area (Å²) >= 11 is 0. The molecule has 0 bridgehead atoms. The molecule has 2 aliphatic rings. The molecule has 186 valence electrons. The van der Waals surface area contributed by atoms with Crippen molar-refractivity contribution in [3.8, 4) is 6.07 Å². The van der Waals surface area contributed by atoms with Gasteiger partial charge < -0.3 is 9.80 Å². The molecule has 1 unspecified atom stereocenters. The van der Waals surface area contributed by atoms with Crippen LogP contribution in [0, 0.1) is 17.1 Å². The van der Waals surface area contributed by atoms with Crippen LogP contribution >= 0.6 is 0 Å². The van der Waals surface area contributed by atoms with Gasteiger partial charge in [-0.15, -0.1) is 0 Å². The minimum atomic E-state index is -3.64. The Morgan fingerprint density at radius 1 is 1.09 bits per heavy atom. The summed E-state index contributed by atoms with van der Waals surface area (Å²) in [7, 11) is -3.64. The van der Waals surface area contributed by atoms with Crippen molar-refractivity contribution in [2.45, 2.75) is 57.0 Å². The van der Waals surface area contributed by atoms with Gasteiger partial charge in [-0.1, -0.05) is 36.4 Å². The number of rotatable bonds is 5. The maximum absolute atomic E-state index is 15.2. The third-order valence-corrected chi connectivity index (χ3v) is 9.47. The van der Waals surface area contributed by atoms with Crippen LogP contribution in [0.4, 0.5) is 10.1 Å². The Morgan fingerprint density at radius 2 is 1.83 bits per heavy atom. The zero-order valence-corrected chi connectivity index (χ0v) is 20.9. The summed E-state index contributed by atoms with van der Waals surface area (Å²) in [5.74, 6) is -0.630. The van der Waals surface area contributed by atoms with E-state index in [0.717, 1.165) is 5.56 Å². The van der Waals surface area contributed by atoms with Crippen molar-refractivity contribution in [1.82, 2.24) is 9.21 Å². The first-order valence-electron chi connectivity index (χ1n) is 12.0. The second-order valence-electron chi connectivity index (χ2n) is 9.41. The smallest absolute Gasteiger partial charge is 0.237 e. The summed E-state index contributed by atoms with van der Waals surface area (Å²) in [6, 6.07) is 15.7. The molecule has 1 amide bonds. The van der Waals surface area contributed by atoms with Crippen LogP contribution in [0.2, 0.25) is 0 Å². The van der Waals surface area contributed by atoms with Crippen LogP contribution in [0.5, 0.6) is 0 Å². The molecule has 2 saturated heterocycles. The lowest BCUT2D eigenvalue weighted by Crippen LogP contribution is -2.54. The maximum Gasteiger partial charge on any atom is 0.237 e. The van der Waals surface area contributed by atoms with Gasteiger partial charge in [0, 0.05) is 49.5 Å². The summed E-state index contributed by atoms with van der Waals surface area (Å²) in [6.07, 6.45) is 1.12. The Hall–Kier alpha value is -2.96. The van der Waals surface area contributed by atoms with Crippen LogP contribution in [0.1, 0.15) is 49.5 Å². The van der Waals surface area contributed by atoms with Crippen molar-refractivity contribution in [3.05, 3.63) is 65.5 Å². The van der Waals surface area contributed by atoms with E-state index in [0.29, 0.717) is 43.7 Å². The topological polar surface area (TPSA) is 84.7 Å². The van der Waals surface area contributed by atoms with E-state index in [-0.39, 0.29) is 31.0 Å². The number of hydrogen-bond acceptors (Lipinski definition) is 5. The Balaban J connectivity index is 1.49. The molecule has 3 atom stereocenters. The molecule has 2 aliphatic heterocycles. The van der Waals surface area contributed by atoms with Gasteiger partial charge in [0.2, 0.25) is 15.9 Å². The number of benzene rings is 2. The molecule has 0 radical (unpaired) electrons. The van der Waals surface area contributed by atoms with Crippen molar-refractivity contribution in [1.29, 1.82) is 5.26 Å². The Morgan fingerprint density at radius 3 is 2.49 bits per heavy atom. The van der Waals surface area contributed by atoms with Crippen LogP contribution in [-0.2, 0) is 21.4 Å². The van der Waals surface area contributed by atoms with Gasteiger partial charge in [0.05, 0.1) is 6.07 Å². The van der Waals surface area contributed by atoms with Crippen molar-refractivity contribution >= 4 is 21.6 Å². The Labute approximate surface area is 206 Å². The lowest BCUT2D eigenvalue weighted by molar-refractivity contribution is -0.132. The third-order valence-electron chi connectivity index (χ3n) is 7.10. The van der Waals surface area contributed by atoms with Crippen molar-refractivity contribution in [2.75, 3.05) is 24.5 Å². The van der Waals surface area contributed by atoms with E-state index < -0.39 is 21.1 Å². The average Bonchev–Trinajstić information content (AvgIpc) is 2.83. The van der Waals surface area contributed by atoms with Crippen molar-refractivity contribution in [3.63, 3.8) is 0 Å². The number of piperazine rings is 1. The first-order valence-corrected chi connectivity index (χ1v) is 13.5. The van der Waals surface area contributed by atoms with Gasteiger partial charge in [0.25, 0.3) is 0 Å². The average molecular weight is 499 g/mol. The van der Waals surface area contributed by atoms with Crippen LogP contribution in [0.15, 0.2) is 48.5 Å². The number of halogens is 1. The van der Waals surface area contributed by atoms with E-state index in [9.17, 15) is 13.2 Å². The number of carbonyl (C=O) groups excluding carboxylic acids is 1. The number of amides is 1. The van der Waals surface area contributed by atoms with Crippen LogP contribution < -0.4 is 4.90 Å². The summed E-state index contributed by atoms with van der Waals surface area (Å²) in [4.78, 5) is 15.8. The lowest BCUT2D eigenvalue weighted by Gasteiger charge is -2.41. The maximum atomic E-state index is 15.2. The molecule has 0 spiro atoms. The normalized spacial score (nSPS) is 24.7. The fourth-order valence-electron chi connectivity index (χ4n) is 5.11. The van der Waals surface area contributed by atoms with Gasteiger partial charge in [-0.25, -0.2) is 12.8 Å². The number of nitrogens with zero attached hydrogens (tertiary/aromatic N) is 4. The van der Waals surface area contributed by atoms with Crippen molar-refractivity contribution < 1.29 is 17.6 Å². The highest BCUT2D eigenvalue weighted by Crippen LogP contribution is 2.38. The minimum Gasteiger partial charge on any atom is -0.368 e. The molecule has 2 aromatic rings. The molecular formula is C26H31FN4O3S. The summed E-state index contributed by atoms with van der Waals surface area (Å²) < 4.78 is 43.6. The molecular weight excluding hydrogens is 467 g/mol. The largest absolute Gasteiger partial charge is 0.368 e. The number of carbonyl (C=O) groups is 1. The fraction of sp³-hybridized carbons (Fsp3) is 0.462. The minimum absolute atomic E-state index is 0.00815. The first kappa shape index (κ1) is 25.1. The first-order chi connectivity index (χ1) is 16.7. The highest BCUT2D eigenvalue weighted by Gasteiger charge is 2.40. The van der Waals surface area contributed by atoms with Gasteiger partial charge >= 0.3 is 0 Å². The van der Waals surface area contributed by atoms with E-state index in [2.05, 4.69) is 0 Å². The fourth-order valence-corrected chi connectivity index (χ4v) is 7.30. The summed E-state index contributed by atoms with van der Waals surface area (Å²) in [5.41, 5.74) is 1.80. The summed E-state index contributed by atoms with van der Waals surface area (Å²) in [5, 5.41) is 8.17. The highest BCUT2D eigenvalue weighted by molar-refractivity contribution is 7.89. The van der Waals surface area contributed by atoms with Crippen molar-refractivity contribution in [2.24, 2.45) is 0 Å². The van der Waals surface area contributed by atoms with Gasteiger partial charge in [-0.3, -0.25) is 4.79 Å². The molecule has 7 nitrogen and oxygen atoms in total. The molecule has 9 heteroatoms. The monoisotopic (exact) mass is 498 g/mol. The molecule has 2 heterocycles. The zero-order valence-electron chi connectivity index (χ0n) is 20.1. The predicted octanol–water partition coefficient (Wildman–Crippen LogP) is 3.83. The second-order valence-corrected chi connectivity index (χ2v) is 11.5. The number of hydrogen-bond donors (Lipinski definition) is 0. The third kappa shape index (κ3) is 5.19. The predicted molar refractivity (Wildman–Crippen MR) is 132 cm³/mol. The van der Waals surface area contributed by atoms with Crippen LogP contribution in [0.3, 0.4) is 0 Å². The number of anilines is 1. The number of sulfonamides is 1. The zero-order chi connectivity index (χ0) is 25.2. The SMILES string of the molecule is C[C@H]1CN(c2ccc(CN3[C@@H](C)CCC(c4ccccc4)S3(=O)=O)c(F)c2)CCN1C(=O)CC#N. The quantitative estimate of drug-likeness (QED) is 0.626. The molecule has 0 aromatic heterocycles. The van der Waals surface area contributed by atoms with Gasteiger partial charge in [0.1, 0.15) is 17.5 Å². The van der Waals surface area contributed by atoms with E-state index in [1.807, 2.05) is 61.2 Å². The summed E-state index contributed by atoms with van der Waals surface area (Å²) in [6.45, 7) is 5.32. The van der Waals surface area contributed by atoms with E-state index in [4.69, 9.17) is 5.26 Å². The van der Waals surface area contributed by atoms with Gasteiger partial charge in [-0.05, 0) is 44.4 Å². The van der Waals surface area contributed by atoms with E-state index in [1.54, 1.807) is 11.0 Å². The van der Waals surface area contributed by atoms with Crippen LogP contribution in [-0.4, -0.2) is 55.2 Å². The molecule has 4 rings (SSSR count). The van der Waals surface area contributed by atoms with E-state index >= 15 is 4.39 Å². The molecule has 35 heavy (non-hydrogen) atoms. The number of nitriles is 1. The highest BCUT2D eigenvalue weighted by atomic mass is 32.2. The standard InChI is InChI=1S/C26H31FN4O3S/c1-19-8-11-25(21-6-4-3-5-7-21)35(33,34)31(19)18-22-9-10-23(16-24(22)27)29-14-15-30(20(2)17-29)26(32)12-13-28/h3-7,9-10,16,19-20,25H,8,11-12,14-15,17-18H2,1-2H3/t19-,20-,25?/m0/s1. The molecule has 0 N–H and O–H groups in total. The van der Waals surface area contributed by atoms with Crippen LogP contribution in [0.25, 0.3) is 0 Å². The lowest BCUT2D eigenvalue weighted by atomic mass is 10.0. The molecule has 2 fully saturated rings. The molecule has 0 aliphatic carbocycles. The van der Waals surface area contributed by atoms with Gasteiger partial charge in [-0.2, -0.15) is 9.57 Å². The van der Waals surface area contributed by atoms with Gasteiger partial charge in [0.15, 0.2) is 0 Å². The molecule has 2 aromatic carbocycles. The van der Waals surface area contributed by atoms with E-state index in [1.165, 1.54) is 10.4 Å². The second kappa shape index (κ2) is 10.3. The molecule has 0 saturated carbocycles. The Kier molecular flexibility index (Phi) is 7.43. The Bertz CT molecular complexity index is 1210.